The highest BCUT2D eigenvalue weighted by atomic mass is 19.1. The average molecular weight is 403 g/mol. The molecular formula is C21H22FNO6. The molecule has 0 saturated carbocycles. The number of Topliss-reactive ketones (excluding diaryl/α,β-unsaturated/α-hetero) is 1. The van der Waals surface area contributed by atoms with E-state index in [1.54, 1.807) is 26.8 Å². The smallest absolute Gasteiger partial charge is 0.340 e. The zero-order chi connectivity index (χ0) is 21.6. The molecule has 1 aromatic heterocycles. The number of ether oxygens (including phenoxy) is 3. The van der Waals surface area contributed by atoms with Crippen LogP contribution in [0.2, 0.25) is 0 Å². The maximum absolute atomic E-state index is 13.6. The fourth-order valence-corrected chi connectivity index (χ4v) is 2.75. The van der Waals surface area contributed by atoms with Crippen LogP contribution in [-0.4, -0.2) is 43.0 Å². The van der Waals surface area contributed by atoms with Crippen molar-refractivity contribution in [2.24, 2.45) is 0 Å². The van der Waals surface area contributed by atoms with Crippen LogP contribution in [0.25, 0.3) is 6.08 Å². The topological polar surface area (TPSA) is 94.7 Å². The highest BCUT2D eigenvalue weighted by Crippen LogP contribution is 2.20. The summed E-state index contributed by atoms with van der Waals surface area (Å²) in [5, 5.41) is 0. The number of ketones is 1. The van der Waals surface area contributed by atoms with Gasteiger partial charge in [0, 0.05) is 11.8 Å². The third kappa shape index (κ3) is 5.31. The molecule has 0 amide bonds. The quantitative estimate of drug-likeness (QED) is 0.412. The van der Waals surface area contributed by atoms with Crippen molar-refractivity contribution < 1.29 is 33.0 Å². The van der Waals surface area contributed by atoms with Crippen LogP contribution in [0.1, 0.15) is 44.6 Å². The fourth-order valence-electron chi connectivity index (χ4n) is 2.75. The van der Waals surface area contributed by atoms with Gasteiger partial charge in [0.25, 0.3) is 0 Å². The summed E-state index contributed by atoms with van der Waals surface area (Å²) in [6, 6.07) is 4.20. The van der Waals surface area contributed by atoms with E-state index in [1.807, 2.05) is 0 Å². The first kappa shape index (κ1) is 21.9. The van der Waals surface area contributed by atoms with Gasteiger partial charge in [-0.25, -0.2) is 14.0 Å². The van der Waals surface area contributed by atoms with Crippen molar-refractivity contribution in [1.82, 2.24) is 4.98 Å². The van der Waals surface area contributed by atoms with Crippen molar-refractivity contribution in [1.29, 1.82) is 0 Å². The molecule has 0 atom stereocenters. The number of hydrogen-bond donors (Lipinski definition) is 1. The number of aryl methyl sites for hydroxylation is 1. The Morgan fingerprint density at radius 3 is 2.52 bits per heavy atom. The van der Waals surface area contributed by atoms with Gasteiger partial charge in [-0.1, -0.05) is 6.07 Å². The number of hydrogen-bond acceptors (Lipinski definition) is 6. The Morgan fingerprint density at radius 1 is 1.17 bits per heavy atom. The lowest BCUT2D eigenvalue weighted by Gasteiger charge is -2.04. The van der Waals surface area contributed by atoms with E-state index in [4.69, 9.17) is 14.2 Å². The number of rotatable bonds is 8. The summed E-state index contributed by atoms with van der Waals surface area (Å²) in [5.74, 6) is -2.24. The third-order valence-corrected chi connectivity index (χ3v) is 4.13. The normalized spacial score (nSPS) is 10.8. The maximum atomic E-state index is 13.6. The second-order valence-electron chi connectivity index (χ2n) is 6.10. The first-order valence-corrected chi connectivity index (χ1v) is 8.86. The van der Waals surface area contributed by atoms with Crippen LogP contribution < -0.4 is 4.74 Å². The second-order valence-corrected chi connectivity index (χ2v) is 6.10. The molecule has 1 aromatic carbocycles. The molecule has 2 aromatic rings. The van der Waals surface area contributed by atoms with E-state index < -0.39 is 30.1 Å². The summed E-state index contributed by atoms with van der Waals surface area (Å²) >= 11 is 0. The Kier molecular flexibility index (Phi) is 7.30. The van der Waals surface area contributed by atoms with Crippen LogP contribution in [0.15, 0.2) is 24.3 Å². The summed E-state index contributed by atoms with van der Waals surface area (Å²) in [6.07, 6.45) is 2.45. The van der Waals surface area contributed by atoms with Crippen LogP contribution in [0, 0.1) is 19.7 Å². The van der Waals surface area contributed by atoms with E-state index in [0.29, 0.717) is 22.4 Å². The van der Waals surface area contributed by atoms with Crippen LogP contribution in [0.5, 0.6) is 5.75 Å². The zero-order valence-electron chi connectivity index (χ0n) is 16.6. The van der Waals surface area contributed by atoms with Crippen molar-refractivity contribution in [3.05, 3.63) is 58.2 Å². The number of H-pyrrole nitrogens is 1. The Hall–Kier alpha value is -3.42. The minimum Gasteiger partial charge on any atom is -0.494 e. The van der Waals surface area contributed by atoms with E-state index in [1.165, 1.54) is 25.3 Å². The first-order valence-electron chi connectivity index (χ1n) is 8.86. The first-order chi connectivity index (χ1) is 13.8. The molecule has 0 saturated heterocycles. The van der Waals surface area contributed by atoms with Crippen molar-refractivity contribution in [3.63, 3.8) is 0 Å². The molecule has 0 aliphatic carbocycles. The zero-order valence-corrected chi connectivity index (χ0v) is 16.6. The molecule has 0 aliphatic heterocycles. The number of nitrogens with one attached hydrogen (secondary N) is 1. The van der Waals surface area contributed by atoms with Gasteiger partial charge >= 0.3 is 11.9 Å². The van der Waals surface area contributed by atoms with Crippen molar-refractivity contribution in [2.75, 3.05) is 20.3 Å². The van der Waals surface area contributed by atoms with Gasteiger partial charge in [0.2, 0.25) is 5.78 Å². The predicted octanol–water partition coefficient (Wildman–Crippen LogP) is 3.40. The fraction of sp³-hybridized carbons (Fsp3) is 0.286. The van der Waals surface area contributed by atoms with E-state index >= 15 is 0 Å². The maximum Gasteiger partial charge on any atom is 0.340 e. The van der Waals surface area contributed by atoms with Gasteiger partial charge in [0.05, 0.1) is 25.0 Å². The standard InChI is InChI=1S/C21H22FNO6/c1-5-28-21(26)19-12(2)20(23-13(19)3)16(24)11-29-18(25)9-7-14-6-8-17(27-4)15(22)10-14/h6-10,23H,5,11H2,1-4H3/b9-7+. The Labute approximate surface area is 167 Å². The number of esters is 2. The van der Waals surface area contributed by atoms with Gasteiger partial charge < -0.3 is 19.2 Å². The molecule has 1 heterocycles. The lowest BCUT2D eigenvalue weighted by Crippen LogP contribution is -2.14. The monoisotopic (exact) mass is 403 g/mol. The molecule has 2 rings (SSSR count). The SMILES string of the molecule is CCOC(=O)c1c(C)[nH]c(C(=O)COC(=O)/C=C/c2ccc(OC)c(F)c2)c1C. The van der Waals surface area contributed by atoms with Crippen LogP contribution in [0.3, 0.4) is 0 Å². The number of carbonyl (C=O) groups is 3. The van der Waals surface area contributed by atoms with Gasteiger partial charge in [-0.3, -0.25) is 4.79 Å². The molecule has 0 unspecified atom stereocenters. The number of benzene rings is 1. The van der Waals surface area contributed by atoms with E-state index in [0.717, 1.165) is 6.08 Å². The summed E-state index contributed by atoms with van der Waals surface area (Å²) in [5.41, 5.74) is 1.84. The molecule has 0 spiro atoms. The molecule has 1 N–H and O–H groups in total. The Morgan fingerprint density at radius 2 is 1.90 bits per heavy atom. The predicted molar refractivity (Wildman–Crippen MR) is 103 cm³/mol. The van der Waals surface area contributed by atoms with Crippen LogP contribution in [-0.2, 0) is 14.3 Å². The summed E-state index contributed by atoms with van der Waals surface area (Å²) in [6.45, 7) is 4.66. The van der Waals surface area contributed by atoms with E-state index in [-0.39, 0.29) is 18.1 Å². The third-order valence-electron chi connectivity index (χ3n) is 4.13. The van der Waals surface area contributed by atoms with Gasteiger partial charge in [-0.2, -0.15) is 0 Å². The van der Waals surface area contributed by atoms with Crippen LogP contribution >= 0.6 is 0 Å². The highest BCUT2D eigenvalue weighted by molar-refractivity contribution is 6.03. The molecular weight excluding hydrogens is 381 g/mol. The molecule has 8 heteroatoms. The molecule has 0 fully saturated rings. The Balaban J connectivity index is 2.00. The van der Waals surface area contributed by atoms with Gasteiger partial charge in [0.1, 0.15) is 0 Å². The summed E-state index contributed by atoms with van der Waals surface area (Å²) in [7, 11) is 1.35. The molecule has 0 radical (unpaired) electrons. The molecule has 0 bridgehead atoms. The Bertz CT molecular complexity index is 960. The largest absolute Gasteiger partial charge is 0.494 e. The number of carbonyl (C=O) groups excluding carboxylic acids is 3. The minimum atomic E-state index is -0.763. The number of halogens is 1. The molecule has 29 heavy (non-hydrogen) atoms. The summed E-state index contributed by atoms with van der Waals surface area (Å²) < 4.78 is 28.4. The minimum absolute atomic E-state index is 0.0918. The summed E-state index contributed by atoms with van der Waals surface area (Å²) in [4.78, 5) is 39.0. The average Bonchev–Trinajstić information content (AvgIpc) is 2.99. The number of methoxy groups -OCH3 is 1. The second kappa shape index (κ2) is 9.68. The van der Waals surface area contributed by atoms with Crippen LogP contribution in [0.4, 0.5) is 4.39 Å². The lowest BCUT2D eigenvalue weighted by atomic mass is 10.1. The number of aromatic nitrogens is 1. The van der Waals surface area contributed by atoms with E-state index in [9.17, 15) is 18.8 Å². The van der Waals surface area contributed by atoms with Crippen molar-refractivity contribution in [2.45, 2.75) is 20.8 Å². The number of aromatic amines is 1. The van der Waals surface area contributed by atoms with Gasteiger partial charge in [0.15, 0.2) is 18.2 Å². The highest BCUT2D eigenvalue weighted by Gasteiger charge is 2.23. The lowest BCUT2D eigenvalue weighted by molar-refractivity contribution is -0.136. The van der Waals surface area contributed by atoms with Crippen molar-refractivity contribution >= 4 is 23.8 Å². The van der Waals surface area contributed by atoms with Gasteiger partial charge in [-0.15, -0.1) is 0 Å². The molecule has 7 nitrogen and oxygen atoms in total. The molecule has 0 aliphatic rings. The van der Waals surface area contributed by atoms with E-state index in [2.05, 4.69) is 4.98 Å². The van der Waals surface area contributed by atoms with Gasteiger partial charge in [-0.05, 0) is 50.1 Å². The van der Waals surface area contributed by atoms with Crippen molar-refractivity contribution in [3.8, 4) is 5.75 Å². The molecule has 154 valence electrons.